The van der Waals surface area contributed by atoms with E-state index >= 15 is 0 Å². The molecule has 1 N–H and O–H groups in total. The summed E-state index contributed by atoms with van der Waals surface area (Å²) in [5, 5.41) is 10.9. The summed E-state index contributed by atoms with van der Waals surface area (Å²) in [5.41, 5.74) is 3.13. The third kappa shape index (κ3) is 4.30. The fourth-order valence-corrected chi connectivity index (χ4v) is 5.41. The Hall–Kier alpha value is -3.23. The highest BCUT2D eigenvalue weighted by atomic mass is 32.2. The molecule has 0 saturated heterocycles. The Kier molecular flexibility index (Phi) is 5.75. The van der Waals surface area contributed by atoms with Crippen LogP contribution in [-0.4, -0.2) is 26.5 Å². The summed E-state index contributed by atoms with van der Waals surface area (Å²) in [6.45, 7) is 0. The van der Waals surface area contributed by atoms with Crippen molar-refractivity contribution in [3.63, 3.8) is 0 Å². The Balaban J connectivity index is 1.69. The van der Waals surface area contributed by atoms with Crippen LogP contribution in [0.4, 0.5) is 5.69 Å². The fraction of sp³-hybridized carbons (Fsp3) is 0.217. The first-order valence-electron chi connectivity index (χ1n) is 9.87. The van der Waals surface area contributed by atoms with Gasteiger partial charge >= 0.3 is 0 Å². The van der Waals surface area contributed by atoms with Crippen LogP contribution >= 0.6 is 0 Å². The van der Waals surface area contributed by atoms with Crippen LogP contribution in [0.25, 0.3) is 0 Å². The molecule has 0 heterocycles. The summed E-state index contributed by atoms with van der Waals surface area (Å²) in [6.07, 6.45) is 1.40. The van der Waals surface area contributed by atoms with Crippen LogP contribution in [0.3, 0.4) is 0 Å². The smallest absolute Gasteiger partial charge is 0.269 e. The van der Waals surface area contributed by atoms with Crippen LogP contribution in [0.2, 0.25) is 0 Å². The number of nitrogens with one attached hydrogen (secondary N) is 1. The molecular weight excluding hydrogens is 416 g/mol. The van der Waals surface area contributed by atoms with Crippen LogP contribution in [0.15, 0.2) is 77.7 Å². The van der Waals surface area contributed by atoms with Gasteiger partial charge in [-0.25, -0.2) is 13.1 Å². The van der Waals surface area contributed by atoms with Crippen molar-refractivity contribution < 1.29 is 18.1 Å². The predicted octanol–water partition coefficient (Wildman–Crippen LogP) is 4.03. The molecule has 7 nitrogen and oxygen atoms in total. The van der Waals surface area contributed by atoms with E-state index in [1.807, 2.05) is 42.5 Å². The maximum Gasteiger partial charge on any atom is 0.269 e. The number of benzene rings is 3. The minimum atomic E-state index is -3.86. The first-order chi connectivity index (χ1) is 14.9. The summed E-state index contributed by atoms with van der Waals surface area (Å²) in [5.74, 6) is 0.569. The van der Waals surface area contributed by atoms with Crippen molar-refractivity contribution in [1.29, 1.82) is 0 Å². The van der Waals surface area contributed by atoms with Crippen molar-refractivity contribution in [2.75, 3.05) is 7.11 Å². The molecule has 3 aromatic rings. The molecule has 1 aliphatic rings. The molecule has 0 unspecified atom stereocenters. The maximum atomic E-state index is 13.1. The number of hydrogen-bond donors (Lipinski definition) is 1. The average molecular weight is 439 g/mol. The summed E-state index contributed by atoms with van der Waals surface area (Å²) < 4.78 is 34.2. The molecule has 0 bridgehead atoms. The van der Waals surface area contributed by atoms with Crippen molar-refractivity contribution >= 4 is 15.7 Å². The maximum absolute atomic E-state index is 13.1. The Labute approximate surface area is 180 Å². The lowest BCUT2D eigenvalue weighted by Crippen LogP contribution is -2.42. The minimum absolute atomic E-state index is 0.00504. The number of hydrogen-bond acceptors (Lipinski definition) is 5. The Morgan fingerprint density at radius 3 is 2.32 bits per heavy atom. The first kappa shape index (κ1) is 21.0. The van der Waals surface area contributed by atoms with E-state index in [-0.39, 0.29) is 22.5 Å². The van der Waals surface area contributed by atoms with Crippen molar-refractivity contribution in [3.05, 3.63) is 99.6 Å². The molecule has 4 rings (SSSR count). The van der Waals surface area contributed by atoms with E-state index in [9.17, 15) is 18.5 Å². The molecule has 0 aromatic heterocycles. The molecule has 31 heavy (non-hydrogen) atoms. The minimum Gasteiger partial charge on any atom is -0.497 e. The molecule has 2 atom stereocenters. The standard InChI is InChI=1S/C23H22N2O5S/c1-30-19-11-6-17(7-12-19)23-21-5-3-2-4-16(21)8-15-22(23)24-31(28,29)20-13-9-18(10-14-20)25(26)27/h2-7,9-14,22-24H,8,15H2,1H3/t22-,23-/m0/s1. The van der Waals surface area contributed by atoms with E-state index in [2.05, 4.69) is 10.8 Å². The highest BCUT2D eigenvalue weighted by Crippen LogP contribution is 2.38. The van der Waals surface area contributed by atoms with Gasteiger partial charge in [-0.15, -0.1) is 0 Å². The van der Waals surface area contributed by atoms with Gasteiger partial charge < -0.3 is 4.74 Å². The zero-order valence-electron chi connectivity index (χ0n) is 16.9. The van der Waals surface area contributed by atoms with E-state index in [0.29, 0.717) is 6.42 Å². The van der Waals surface area contributed by atoms with Crippen molar-refractivity contribution in [2.45, 2.75) is 29.7 Å². The second-order valence-electron chi connectivity index (χ2n) is 7.47. The van der Waals surface area contributed by atoms with Gasteiger partial charge in [0.15, 0.2) is 0 Å². The highest BCUT2D eigenvalue weighted by molar-refractivity contribution is 7.89. The van der Waals surface area contributed by atoms with Crippen molar-refractivity contribution in [2.24, 2.45) is 0 Å². The number of fused-ring (bicyclic) bond motifs is 1. The predicted molar refractivity (Wildman–Crippen MR) is 117 cm³/mol. The number of nitrogens with zero attached hydrogens (tertiary/aromatic N) is 1. The summed E-state index contributed by atoms with van der Waals surface area (Å²) in [6, 6.07) is 20.3. The zero-order chi connectivity index (χ0) is 22.0. The lowest BCUT2D eigenvalue weighted by Gasteiger charge is -2.34. The van der Waals surface area contributed by atoms with Gasteiger partial charge in [-0.1, -0.05) is 36.4 Å². The van der Waals surface area contributed by atoms with Gasteiger partial charge in [0.05, 0.1) is 16.9 Å². The van der Waals surface area contributed by atoms with Gasteiger partial charge in [0, 0.05) is 24.1 Å². The Morgan fingerprint density at radius 1 is 1.00 bits per heavy atom. The number of non-ortho nitro benzene ring substituents is 1. The highest BCUT2D eigenvalue weighted by Gasteiger charge is 2.34. The van der Waals surface area contributed by atoms with Crippen LogP contribution in [0.1, 0.15) is 29.0 Å². The molecular formula is C23H22N2O5S. The van der Waals surface area contributed by atoms with E-state index in [1.54, 1.807) is 7.11 Å². The van der Waals surface area contributed by atoms with Crippen LogP contribution in [-0.2, 0) is 16.4 Å². The lowest BCUT2D eigenvalue weighted by atomic mass is 9.76. The Bertz CT molecular complexity index is 1190. The van der Waals surface area contributed by atoms with E-state index in [1.165, 1.54) is 29.8 Å². The Morgan fingerprint density at radius 2 is 1.68 bits per heavy atom. The lowest BCUT2D eigenvalue weighted by molar-refractivity contribution is -0.384. The van der Waals surface area contributed by atoms with Crippen molar-refractivity contribution in [3.8, 4) is 5.75 Å². The van der Waals surface area contributed by atoms with E-state index < -0.39 is 14.9 Å². The number of aryl methyl sites for hydroxylation is 1. The molecule has 0 aliphatic heterocycles. The molecule has 0 amide bonds. The van der Waals surface area contributed by atoms with Crippen LogP contribution in [0, 0.1) is 10.1 Å². The van der Waals surface area contributed by atoms with Gasteiger partial charge in [-0.05, 0) is 53.8 Å². The SMILES string of the molecule is COc1ccc([C@H]2c3ccccc3CC[C@@H]2NS(=O)(=O)c2ccc([N+](=O)[O-])cc2)cc1. The molecule has 160 valence electrons. The summed E-state index contributed by atoms with van der Waals surface area (Å²) >= 11 is 0. The van der Waals surface area contributed by atoms with Gasteiger partial charge in [0.1, 0.15) is 5.75 Å². The number of sulfonamides is 1. The molecule has 0 spiro atoms. The first-order valence-corrected chi connectivity index (χ1v) is 11.4. The number of rotatable bonds is 6. The third-order valence-corrected chi connectivity index (χ3v) is 7.16. The fourth-order valence-electron chi connectivity index (χ4n) is 4.12. The quantitative estimate of drug-likeness (QED) is 0.463. The molecule has 0 radical (unpaired) electrons. The molecule has 8 heteroatoms. The molecule has 1 aliphatic carbocycles. The number of methoxy groups -OCH3 is 1. The molecule has 3 aromatic carbocycles. The van der Waals surface area contributed by atoms with Crippen LogP contribution in [0.5, 0.6) is 5.75 Å². The zero-order valence-corrected chi connectivity index (χ0v) is 17.7. The van der Waals surface area contributed by atoms with Gasteiger partial charge in [0.2, 0.25) is 10.0 Å². The second kappa shape index (κ2) is 8.49. The van der Waals surface area contributed by atoms with E-state index in [4.69, 9.17) is 4.74 Å². The summed E-state index contributed by atoms with van der Waals surface area (Å²) in [7, 11) is -2.25. The normalized spacial score (nSPS) is 18.2. The van der Waals surface area contributed by atoms with Gasteiger partial charge in [-0.2, -0.15) is 0 Å². The number of nitro groups is 1. The largest absolute Gasteiger partial charge is 0.497 e. The van der Waals surface area contributed by atoms with Gasteiger partial charge in [0.25, 0.3) is 5.69 Å². The van der Waals surface area contributed by atoms with Gasteiger partial charge in [-0.3, -0.25) is 10.1 Å². The molecule has 0 fully saturated rings. The number of nitro benzene ring substituents is 1. The third-order valence-electron chi connectivity index (χ3n) is 5.66. The van der Waals surface area contributed by atoms with E-state index in [0.717, 1.165) is 23.3 Å². The topological polar surface area (TPSA) is 98.5 Å². The average Bonchev–Trinajstić information content (AvgIpc) is 2.79. The second-order valence-corrected chi connectivity index (χ2v) is 9.18. The summed E-state index contributed by atoms with van der Waals surface area (Å²) in [4.78, 5) is 10.3. The molecule has 0 saturated carbocycles. The number of ether oxygens (including phenoxy) is 1. The monoisotopic (exact) mass is 438 g/mol. The van der Waals surface area contributed by atoms with Crippen LogP contribution < -0.4 is 9.46 Å². The van der Waals surface area contributed by atoms with Crippen molar-refractivity contribution in [1.82, 2.24) is 4.72 Å².